The predicted molar refractivity (Wildman–Crippen MR) is 96.3 cm³/mol. The number of imide groups is 1. The second-order valence-electron chi connectivity index (χ2n) is 6.53. The minimum absolute atomic E-state index is 0.0532. The number of benzene rings is 1. The third kappa shape index (κ3) is 4.25. The molecular weight excluding hydrogens is 390 g/mol. The standard InChI is InChI=1S/C17H21N3O7S/c1-10(15(21)20-8-7-18-17(20)23)27-16(22)11-3-6-13(26-2)14(9-11)28(24,25)19-12-4-5-12/h3,6,9-10,12,19H,4-5,7-8H2,1-2H3,(H,18,23). The number of urea groups is 1. The van der Waals surface area contributed by atoms with Crippen molar-refractivity contribution >= 4 is 27.9 Å². The summed E-state index contributed by atoms with van der Waals surface area (Å²) in [5.74, 6) is -1.45. The molecule has 3 amide bonds. The average molecular weight is 411 g/mol. The number of amides is 3. The largest absolute Gasteiger partial charge is 0.495 e. The van der Waals surface area contributed by atoms with E-state index in [1.807, 2.05) is 0 Å². The van der Waals surface area contributed by atoms with Crippen LogP contribution >= 0.6 is 0 Å². The lowest BCUT2D eigenvalue weighted by atomic mass is 10.2. The van der Waals surface area contributed by atoms with Crippen LogP contribution in [0, 0.1) is 0 Å². The van der Waals surface area contributed by atoms with Crippen LogP contribution in [-0.4, -0.2) is 63.6 Å². The van der Waals surface area contributed by atoms with Gasteiger partial charge in [0.15, 0.2) is 6.10 Å². The summed E-state index contributed by atoms with van der Waals surface area (Å²) in [5, 5.41) is 2.49. The molecule has 11 heteroatoms. The van der Waals surface area contributed by atoms with Crippen LogP contribution < -0.4 is 14.8 Å². The first kappa shape index (κ1) is 20.1. The minimum Gasteiger partial charge on any atom is -0.495 e. The van der Waals surface area contributed by atoms with Gasteiger partial charge in [0.2, 0.25) is 10.0 Å². The zero-order valence-electron chi connectivity index (χ0n) is 15.4. The van der Waals surface area contributed by atoms with Crippen molar-refractivity contribution < 1.29 is 32.3 Å². The second-order valence-corrected chi connectivity index (χ2v) is 8.21. The van der Waals surface area contributed by atoms with Crippen molar-refractivity contribution in [2.24, 2.45) is 0 Å². The SMILES string of the molecule is COc1ccc(C(=O)OC(C)C(=O)N2CCNC2=O)cc1S(=O)(=O)NC1CC1. The highest BCUT2D eigenvalue weighted by Crippen LogP contribution is 2.28. The fourth-order valence-corrected chi connectivity index (χ4v) is 4.18. The Balaban J connectivity index is 1.77. The molecule has 1 aromatic carbocycles. The Labute approximate surface area is 162 Å². The molecule has 0 aromatic heterocycles. The van der Waals surface area contributed by atoms with Crippen molar-refractivity contribution in [3.8, 4) is 5.75 Å². The summed E-state index contributed by atoms with van der Waals surface area (Å²) in [6.45, 7) is 1.87. The van der Waals surface area contributed by atoms with Gasteiger partial charge in [0.1, 0.15) is 10.6 Å². The summed E-state index contributed by atoms with van der Waals surface area (Å²) >= 11 is 0. The Morgan fingerprint density at radius 1 is 1.32 bits per heavy atom. The average Bonchev–Trinajstić information content (AvgIpc) is 3.36. The summed E-state index contributed by atoms with van der Waals surface area (Å²) in [5.41, 5.74) is -0.0532. The first-order valence-corrected chi connectivity index (χ1v) is 10.2. The first-order valence-electron chi connectivity index (χ1n) is 8.73. The number of hydrogen-bond donors (Lipinski definition) is 2. The Bertz CT molecular complexity index is 911. The lowest BCUT2D eigenvalue weighted by Crippen LogP contribution is -2.41. The highest BCUT2D eigenvalue weighted by Gasteiger charge is 2.33. The van der Waals surface area contributed by atoms with Crippen LogP contribution in [0.3, 0.4) is 0 Å². The number of carbonyl (C=O) groups excluding carboxylic acids is 3. The number of esters is 1. The van der Waals surface area contributed by atoms with Crippen molar-refractivity contribution in [3.05, 3.63) is 23.8 Å². The molecule has 1 aliphatic heterocycles. The Morgan fingerprint density at radius 3 is 2.61 bits per heavy atom. The van der Waals surface area contributed by atoms with E-state index in [2.05, 4.69) is 10.0 Å². The molecule has 1 heterocycles. The van der Waals surface area contributed by atoms with Gasteiger partial charge < -0.3 is 14.8 Å². The normalized spacial score (nSPS) is 17.8. The lowest BCUT2D eigenvalue weighted by molar-refractivity contribution is -0.136. The minimum atomic E-state index is -3.87. The smallest absolute Gasteiger partial charge is 0.338 e. The van der Waals surface area contributed by atoms with Gasteiger partial charge in [-0.1, -0.05) is 0 Å². The van der Waals surface area contributed by atoms with Gasteiger partial charge in [0.25, 0.3) is 5.91 Å². The van der Waals surface area contributed by atoms with Crippen LogP contribution in [0.4, 0.5) is 4.79 Å². The van der Waals surface area contributed by atoms with Gasteiger partial charge in [-0.2, -0.15) is 0 Å². The monoisotopic (exact) mass is 411 g/mol. The fourth-order valence-electron chi connectivity index (χ4n) is 2.68. The third-order valence-electron chi connectivity index (χ3n) is 4.34. The number of nitrogens with zero attached hydrogens (tertiary/aromatic N) is 1. The van der Waals surface area contributed by atoms with Gasteiger partial charge in [0.05, 0.1) is 12.7 Å². The molecule has 2 N–H and O–H groups in total. The van der Waals surface area contributed by atoms with E-state index in [1.165, 1.54) is 26.2 Å². The number of rotatable bonds is 7. The number of sulfonamides is 1. The Hall–Kier alpha value is -2.66. The van der Waals surface area contributed by atoms with Gasteiger partial charge >= 0.3 is 12.0 Å². The fraction of sp³-hybridized carbons (Fsp3) is 0.471. The zero-order chi connectivity index (χ0) is 20.5. The summed E-state index contributed by atoms with van der Waals surface area (Å²) in [7, 11) is -2.55. The molecule has 1 atom stereocenters. The van der Waals surface area contributed by atoms with E-state index in [0.717, 1.165) is 23.8 Å². The van der Waals surface area contributed by atoms with E-state index in [9.17, 15) is 22.8 Å². The van der Waals surface area contributed by atoms with Gasteiger partial charge in [0, 0.05) is 19.1 Å². The molecule has 0 spiro atoms. The third-order valence-corrected chi connectivity index (χ3v) is 5.88. The number of methoxy groups -OCH3 is 1. The van der Waals surface area contributed by atoms with Crippen LogP contribution in [0.2, 0.25) is 0 Å². The molecule has 0 bridgehead atoms. The molecule has 1 saturated heterocycles. The molecule has 1 aliphatic carbocycles. The van der Waals surface area contributed by atoms with Crippen molar-refractivity contribution in [1.82, 2.24) is 14.9 Å². The maximum absolute atomic E-state index is 12.5. The number of ether oxygens (including phenoxy) is 2. The predicted octanol–water partition coefficient (Wildman–Crippen LogP) is 0.233. The number of nitrogens with one attached hydrogen (secondary N) is 2. The molecule has 10 nitrogen and oxygen atoms in total. The van der Waals surface area contributed by atoms with Crippen LogP contribution in [0.15, 0.2) is 23.1 Å². The van der Waals surface area contributed by atoms with Crippen molar-refractivity contribution in [2.75, 3.05) is 20.2 Å². The Morgan fingerprint density at radius 2 is 2.04 bits per heavy atom. The van der Waals surface area contributed by atoms with E-state index in [-0.39, 0.29) is 28.8 Å². The maximum Gasteiger partial charge on any atom is 0.338 e. The summed E-state index contributed by atoms with van der Waals surface area (Å²) in [6.07, 6.45) is 0.308. The second kappa shape index (κ2) is 7.76. The van der Waals surface area contributed by atoms with Crippen molar-refractivity contribution in [1.29, 1.82) is 0 Å². The van der Waals surface area contributed by atoms with Gasteiger partial charge in [-0.05, 0) is 38.0 Å². The van der Waals surface area contributed by atoms with E-state index < -0.39 is 34.0 Å². The lowest BCUT2D eigenvalue weighted by Gasteiger charge is -2.18. The van der Waals surface area contributed by atoms with Crippen molar-refractivity contribution in [3.63, 3.8) is 0 Å². The number of carbonyl (C=O) groups is 3. The van der Waals surface area contributed by atoms with Crippen LogP contribution in [0.5, 0.6) is 5.75 Å². The van der Waals surface area contributed by atoms with E-state index >= 15 is 0 Å². The topological polar surface area (TPSA) is 131 Å². The molecule has 28 heavy (non-hydrogen) atoms. The highest BCUT2D eigenvalue weighted by molar-refractivity contribution is 7.89. The summed E-state index contributed by atoms with van der Waals surface area (Å²) in [4.78, 5) is 37.0. The maximum atomic E-state index is 12.5. The zero-order valence-corrected chi connectivity index (χ0v) is 16.2. The molecule has 152 valence electrons. The van der Waals surface area contributed by atoms with E-state index in [4.69, 9.17) is 9.47 Å². The molecule has 0 radical (unpaired) electrons. The first-order chi connectivity index (χ1) is 13.2. The quantitative estimate of drug-likeness (QED) is 0.614. The molecule has 2 aliphatic rings. The molecular formula is C17H21N3O7S. The van der Waals surface area contributed by atoms with E-state index in [1.54, 1.807) is 0 Å². The van der Waals surface area contributed by atoms with Gasteiger partial charge in [-0.3, -0.25) is 9.69 Å². The molecule has 3 rings (SSSR count). The van der Waals surface area contributed by atoms with Crippen LogP contribution in [0.25, 0.3) is 0 Å². The molecule has 2 fully saturated rings. The van der Waals surface area contributed by atoms with Crippen LogP contribution in [-0.2, 0) is 19.6 Å². The highest BCUT2D eigenvalue weighted by atomic mass is 32.2. The van der Waals surface area contributed by atoms with Gasteiger partial charge in [-0.15, -0.1) is 0 Å². The van der Waals surface area contributed by atoms with E-state index in [0.29, 0.717) is 6.54 Å². The van der Waals surface area contributed by atoms with Gasteiger partial charge in [-0.25, -0.2) is 22.7 Å². The summed E-state index contributed by atoms with van der Waals surface area (Å²) < 4.78 is 37.8. The molecule has 1 saturated carbocycles. The molecule has 1 aromatic rings. The summed E-state index contributed by atoms with van der Waals surface area (Å²) in [6, 6.07) is 3.17. The Kier molecular flexibility index (Phi) is 5.57. The van der Waals surface area contributed by atoms with Crippen molar-refractivity contribution in [2.45, 2.75) is 36.8 Å². The molecule has 1 unspecified atom stereocenters. The number of hydrogen-bond acceptors (Lipinski definition) is 7. The van der Waals surface area contributed by atoms with Crippen LogP contribution in [0.1, 0.15) is 30.1 Å².